The predicted octanol–water partition coefficient (Wildman–Crippen LogP) is 1.86. The number of hydrogen-bond acceptors (Lipinski definition) is 3. The van der Waals surface area contributed by atoms with Crippen molar-refractivity contribution in [2.45, 2.75) is 13.0 Å². The van der Waals surface area contributed by atoms with Gasteiger partial charge >= 0.3 is 5.97 Å². The summed E-state index contributed by atoms with van der Waals surface area (Å²) in [5, 5.41) is 0. The molecule has 0 bridgehead atoms. The standard InChI is InChI=1S/C11H14O3/c1-8-4-6-9(7-5-8)10(13-2)11(12)14-3/h4-7,10H,1-3H3. The highest BCUT2D eigenvalue weighted by Gasteiger charge is 2.19. The molecule has 0 aliphatic heterocycles. The van der Waals surface area contributed by atoms with E-state index in [4.69, 9.17) is 4.74 Å². The number of carbonyl (C=O) groups is 1. The van der Waals surface area contributed by atoms with Gasteiger partial charge in [-0.1, -0.05) is 29.8 Å². The van der Waals surface area contributed by atoms with Gasteiger partial charge in [-0.05, 0) is 12.5 Å². The second kappa shape index (κ2) is 4.77. The molecular formula is C11H14O3. The van der Waals surface area contributed by atoms with Crippen LogP contribution in [0.3, 0.4) is 0 Å². The first-order valence-electron chi connectivity index (χ1n) is 4.36. The molecule has 0 spiro atoms. The molecule has 0 saturated carbocycles. The Bertz CT molecular complexity index is 303. The van der Waals surface area contributed by atoms with Crippen LogP contribution in [-0.4, -0.2) is 20.2 Å². The number of aryl methyl sites for hydroxylation is 1. The lowest BCUT2D eigenvalue weighted by Crippen LogP contribution is -2.15. The molecule has 0 amide bonds. The van der Waals surface area contributed by atoms with Crippen LogP contribution in [0.15, 0.2) is 24.3 Å². The van der Waals surface area contributed by atoms with Crippen molar-refractivity contribution in [1.82, 2.24) is 0 Å². The average Bonchev–Trinajstić information content (AvgIpc) is 2.21. The van der Waals surface area contributed by atoms with Crippen LogP contribution in [0.25, 0.3) is 0 Å². The highest BCUT2D eigenvalue weighted by Crippen LogP contribution is 2.18. The van der Waals surface area contributed by atoms with Crippen LogP contribution >= 0.6 is 0 Å². The molecular weight excluding hydrogens is 180 g/mol. The smallest absolute Gasteiger partial charge is 0.339 e. The first-order valence-corrected chi connectivity index (χ1v) is 4.36. The topological polar surface area (TPSA) is 35.5 Å². The highest BCUT2D eigenvalue weighted by atomic mass is 16.6. The molecule has 0 fully saturated rings. The van der Waals surface area contributed by atoms with E-state index in [0.717, 1.165) is 11.1 Å². The van der Waals surface area contributed by atoms with Gasteiger partial charge in [-0.15, -0.1) is 0 Å². The van der Waals surface area contributed by atoms with E-state index in [0.29, 0.717) is 0 Å². The van der Waals surface area contributed by atoms with Crippen molar-refractivity contribution in [3.8, 4) is 0 Å². The summed E-state index contributed by atoms with van der Waals surface area (Å²) in [6.07, 6.45) is -0.624. The molecule has 1 aromatic carbocycles. The van der Waals surface area contributed by atoms with E-state index in [9.17, 15) is 4.79 Å². The quantitative estimate of drug-likeness (QED) is 0.689. The number of carbonyl (C=O) groups excluding carboxylic acids is 1. The maximum Gasteiger partial charge on any atom is 0.339 e. The van der Waals surface area contributed by atoms with E-state index in [1.54, 1.807) is 0 Å². The summed E-state index contributed by atoms with van der Waals surface area (Å²) in [4.78, 5) is 11.3. The fraction of sp³-hybridized carbons (Fsp3) is 0.364. The van der Waals surface area contributed by atoms with Crippen molar-refractivity contribution in [3.63, 3.8) is 0 Å². The van der Waals surface area contributed by atoms with Crippen molar-refractivity contribution in [2.24, 2.45) is 0 Å². The third-order valence-corrected chi connectivity index (χ3v) is 2.03. The number of rotatable bonds is 3. The van der Waals surface area contributed by atoms with E-state index >= 15 is 0 Å². The van der Waals surface area contributed by atoms with Crippen LogP contribution in [-0.2, 0) is 14.3 Å². The monoisotopic (exact) mass is 194 g/mol. The summed E-state index contributed by atoms with van der Waals surface area (Å²) in [6, 6.07) is 7.59. The van der Waals surface area contributed by atoms with Crippen LogP contribution in [0.4, 0.5) is 0 Å². The van der Waals surface area contributed by atoms with Crippen LogP contribution in [0.5, 0.6) is 0 Å². The molecule has 0 N–H and O–H groups in total. The van der Waals surface area contributed by atoms with Gasteiger partial charge in [0.1, 0.15) is 0 Å². The maximum atomic E-state index is 11.3. The Labute approximate surface area is 83.6 Å². The summed E-state index contributed by atoms with van der Waals surface area (Å²) in [7, 11) is 2.84. The Morgan fingerprint density at radius 1 is 1.21 bits per heavy atom. The number of benzene rings is 1. The van der Waals surface area contributed by atoms with E-state index in [1.807, 2.05) is 31.2 Å². The molecule has 0 radical (unpaired) electrons. The molecule has 0 aromatic heterocycles. The largest absolute Gasteiger partial charge is 0.467 e. The van der Waals surface area contributed by atoms with Gasteiger partial charge in [-0.2, -0.15) is 0 Å². The fourth-order valence-corrected chi connectivity index (χ4v) is 1.22. The van der Waals surface area contributed by atoms with Crippen molar-refractivity contribution in [1.29, 1.82) is 0 Å². The molecule has 76 valence electrons. The molecule has 1 aromatic rings. The first kappa shape index (κ1) is 10.7. The molecule has 0 aliphatic carbocycles. The zero-order valence-corrected chi connectivity index (χ0v) is 8.61. The van der Waals surface area contributed by atoms with Gasteiger partial charge in [0.05, 0.1) is 7.11 Å². The molecule has 1 atom stereocenters. The van der Waals surface area contributed by atoms with Crippen molar-refractivity contribution >= 4 is 5.97 Å². The SMILES string of the molecule is COC(=O)C(OC)c1ccc(C)cc1. The van der Waals surface area contributed by atoms with Gasteiger partial charge in [0.15, 0.2) is 6.10 Å². The predicted molar refractivity (Wildman–Crippen MR) is 52.9 cm³/mol. The molecule has 3 heteroatoms. The maximum absolute atomic E-state index is 11.3. The van der Waals surface area contributed by atoms with Gasteiger partial charge in [0.2, 0.25) is 0 Å². The van der Waals surface area contributed by atoms with E-state index < -0.39 is 6.10 Å². The Balaban J connectivity index is 2.89. The van der Waals surface area contributed by atoms with Gasteiger partial charge in [-0.25, -0.2) is 4.79 Å². The molecule has 14 heavy (non-hydrogen) atoms. The summed E-state index contributed by atoms with van der Waals surface area (Å²) in [5.74, 6) is -0.378. The second-order valence-electron chi connectivity index (χ2n) is 3.05. The molecule has 0 heterocycles. The average molecular weight is 194 g/mol. The van der Waals surface area contributed by atoms with Crippen molar-refractivity contribution in [3.05, 3.63) is 35.4 Å². The van der Waals surface area contributed by atoms with E-state index in [1.165, 1.54) is 14.2 Å². The van der Waals surface area contributed by atoms with Crippen molar-refractivity contribution in [2.75, 3.05) is 14.2 Å². The van der Waals surface area contributed by atoms with Crippen LogP contribution in [0, 0.1) is 6.92 Å². The zero-order valence-electron chi connectivity index (χ0n) is 8.61. The number of ether oxygens (including phenoxy) is 2. The molecule has 0 aliphatic rings. The summed E-state index contributed by atoms with van der Waals surface area (Å²) >= 11 is 0. The lowest BCUT2D eigenvalue weighted by atomic mass is 10.1. The molecule has 0 saturated heterocycles. The number of hydrogen-bond donors (Lipinski definition) is 0. The molecule has 3 nitrogen and oxygen atoms in total. The Hall–Kier alpha value is -1.35. The Morgan fingerprint density at radius 3 is 2.21 bits per heavy atom. The minimum atomic E-state index is -0.624. The Kier molecular flexibility index (Phi) is 3.65. The fourth-order valence-electron chi connectivity index (χ4n) is 1.22. The van der Waals surface area contributed by atoms with E-state index in [2.05, 4.69) is 4.74 Å². The highest BCUT2D eigenvalue weighted by molar-refractivity contribution is 5.76. The van der Waals surface area contributed by atoms with Crippen LogP contribution in [0.1, 0.15) is 17.2 Å². The van der Waals surface area contributed by atoms with Gasteiger partial charge < -0.3 is 9.47 Å². The van der Waals surface area contributed by atoms with Crippen molar-refractivity contribution < 1.29 is 14.3 Å². The van der Waals surface area contributed by atoms with Gasteiger partial charge in [0, 0.05) is 7.11 Å². The normalized spacial score (nSPS) is 12.2. The lowest BCUT2D eigenvalue weighted by Gasteiger charge is -2.12. The number of esters is 1. The van der Waals surface area contributed by atoms with E-state index in [-0.39, 0.29) is 5.97 Å². The third kappa shape index (κ3) is 2.33. The second-order valence-corrected chi connectivity index (χ2v) is 3.05. The van der Waals surface area contributed by atoms with Gasteiger partial charge in [-0.3, -0.25) is 0 Å². The van der Waals surface area contributed by atoms with Gasteiger partial charge in [0.25, 0.3) is 0 Å². The minimum absolute atomic E-state index is 0.378. The Morgan fingerprint density at radius 2 is 1.79 bits per heavy atom. The van der Waals surface area contributed by atoms with Crippen LogP contribution < -0.4 is 0 Å². The molecule has 1 rings (SSSR count). The van der Waals surface area contributed by atoms with Crippen LogP contribution in [0.2, 0.25) is 0 Å². The first-order chi connectivity index (χ1) is 6.69. The third-order valence-electron chi connectivity index (χ3n) is 2.03. The zero-order chi connectivity index (χ0) is 10.6. The molecule has 1 unspecified atom stereocenters. The summed E-state index contributed by atoms with van der Waals surface area (Å²) in [5.41, 5.74) is 1.96. The number of methoxy groups -OCH3 is 2. The summed E-state index contributed by atoms with van der Waals surface area (Å²) < 4.78 is 9.68. The minimum Gasteiger partial charge on any atom is -0.467 e. The lowest BCUT2D eigenvalue weighted by molar-refractivity contribution is -0.152. The summed E-state index contributed by atoms with van der Waals surface area (Å²) in [6.45, 7) is 1.99.